The Kier molecular flexibility index (Phi) is 7.51. The molecule has 0 aliphatic carbocycles. The maximum Gasteiger partial charge on any atom is 0.295 e. The van der Waals surface area contributed by atoms with Gasteiger partial charge in [0, 0.05) is 30.7 Å². The second kappa shape index (κ2) is 10.1. The summed E-state index contributed by atoms with van der Waals surface area (Å²) >= 11 is 1.46. The van der Waals surface area contributed by atoms with Crippen molar-refractivity contribution in [2.75, 3.05) is 26.9 Å². The van der Waals surface area contributed by atoms with E-state index in [4.69, 9.17) is 9.47 Å². The Morgan fingerprint density at radius 3 is 2.65 bits per heavy atom. The molecule has 0 radical (unpaired) electrons. The smallest absolute Gasteiger partial charge is 0.295 e. The van der Waals surface area contributed by atoms with E-state index in [1.165, 1.54) is 16.2 Å². The van der Waals surface area contributed by atoms with Gasteiger partial charge < -0.3 is 19.5 Å². The van der Waals surface area contributed by atoms with E-state index in [1.807, 2.05) is 30.5 Å². The summed E-state index contributed by atoms with van der Waals surface area (Å²) in [5.74, 6) is -0.303. The number of methoxy groups -OCH3 is 1. The molecule has 0 spiro atoms. The number of ether oxygens (including phenoxy) is 2. The molecule has 0 saturated carbocycles. The topological polar surface area (TPSA) is 76.1 Å². The number of carbonyl (C=O) groups excluding carboxylic acids is 2. The van der Waals surface area contributed by atoms with Crippen LogP contribution in [0.5, 0.6) is 5.75 Å². The zero-order valence-electron chi connectivity index (χ0n) is 18.4. The highest BCUT2D eigenvalue weighted by Crippen LogP contribution is 2.41. The first-order valence-electron chi connectivity index (χ1n) is 10.4. The lowest BCUT2D eigenvalue weighted by atomic mass is 9.97. The van der Waals surface area contributed by atoms with Crippen molar-refractivity contribution in [1.82, 2.24) is 4.90 Å². The van der Waals surface area contributed by atoms with E-state index in [1.54, 1.807) is 19.2 Å². The Bertz CT molecular complexity index is 964. The van der Waals surface area contributed by atoms with Gasteiger partial charge in [-0.3, -0.25) is 9.59 Å². The quantitative estimate of drug-likeness (QED) is 0.266. The van der Waals surface area contributed by atoms with Crippen LogP contribution in [-0.4, -0.2) is 48.6 Å². The van der Waals surface area contributed by atoms with Crippen LogP contribution in [0.15, 0.2) is 41.3 Å². The maximum absolute atomic E-state index is 13.0. The Balaban J connectivity index is 2.01. The monoisotopic (exact) mass is 443 g/mol. The van der Waals surface area contributed by atoms with Gasteiger partial charge in [-0.1, -0.05) is 19.9 Å². The predicted molar refractivity (Wildman–Crippen MR) is 121 cm³/mol. The summed E-state index contributed by atoms with van der Waals surface area (Å²) in [6.45, 7) is 7.45. The molecule has 7 heteroatoms. The molecular formula is C24H29NO5S. The maximum atomic E-state index is 13.0. The molecule has 1 fully saturated rings. The van der Waals surface area contributed by atoms with E-state index < -0.39 is 17.7 Å². The van der Waals surface area contributed by atoms with Crippen molar-refractivity contribution in [2.45, 2.75) is 33.2 Å². The van der Waals surface area contributed by atoms with Crippen LogP contribution >= 0.6 is 11.3 Å². The molecule has 1 atom stereocenters. The van der Waals surface area contributed by atoms with E-state index in [0.29, 0.717) is 43.4 Å². The average Bonchev–Trinajstić information content (AvgIpc) is 3.34. The molecule has 1 unspecified atom stereocenters. The Hall–Kier alpha value is -2.64. The van der Waals surface area contributed by atoms with Gasteiger partial charge in [-0.05, 0) is 54.5 Å². The molecule has 1 saturated heterocycles. The van der Waals surface area contributed by atoms with Crippen LogP contribution in [0.25, 0.3) is 5.76 Å². The number of benzene rings is 1. The SMILES string of the molecule is COCCCN1C(=O)C(=O)C(=C(O)c2ccc(OCC(C)C)cc2C)C1c1cccs1. The molecule has 6 nitrogen and oxygen atoms in total. The van der Waals surface area contributed by atoms with Gasteiger partial charge in [0.2, 0.25) is 0 Å². The number of hydrogen-bond acceptors (Lipinski definition) is 6. The lowest BCUT2D eigenvalue weighted by Crippen LogP contribution is -2.31. The molecule has 1 amide bonds. The minimum absolute atomic E-state index is 0.129. The molecule has 3 rings (SSSR count). The normalized spacial score (nSPS) is 18.2. The van der Waals surface area contributed by atoms with Crippen molar-refractivity contribution in [2.24, 2.45) is 5.92 Å². The van der Waals surface area contributed by atoms with Crippen molar-refractivity contribution in [3.05, 3.63) is 57.3 Å². The van der Waals surface area contributed by atoms with Crippen molar-refractivity contribution < 1.29 is 24.2 Å². The van der Waals surface area contributed by atoms with Crippen LogP contribution in [0.1, 0.15) is 42.3 Å². The predicted octanol–water partition coefficient (Wildman–Crippen LogP) is 4.55. The van der Waals surface area contributed by atoms with Crippen molar-refractivity contribution >= 4 is 28.8 Å². The number of nitrogens with zero attached hydrogens (tertiary/aromatic N) is 1. The number of aliphatic hydroxyl groups is 1. The zero-order valence-corrected chi connectivity index (χ0v) is 19.2. The number of amides is 1. The third kappa shape index (κ3) is 4.99. The van der Waals surface area contributed by atoms with Gasteiger partial charge in [0.05, 0.1) is 18.2 Å². The number of aliphatic hydroxyl groups excluding tert-OH is 1. The highest BCUT2D eigenvalue weighted by molar-refractivity contribution is 7.10. The molecule has 31 heavy (non-hydrogen) atoms. The van der Waals surface area contributed by atoms with Crippen LogP contribution < -0.4 is 4.74 Å². The number of likely N-dealkylation sites (tertiary alicyclic amines) is 1. The Morgan fingerprint density at radius 2 is 2.03 bits per heavy atom. The first-order chi connectivity index (χ1) is 14.8. The molecule has 2 aromatic rings. The summed E-state index contributed by atoms with van der Waals surface area (Å²) < 4.78 is 10.9. The lowest BCUT2D eigenvalue weighted by molar-refractivity contribution is -0.140. The molecule has 1 aromatic heterocycles. The molecule has 0 bridgehead atoms. The van der Waals surface area contributed by atoms with E-state index in [-0.39, 0.29) is 11.3 Å². The number of Topliss-reactive ketones (excluding diaryl/α,β-unsaturated/α-hetero) is 1. The van der Waals surface area contributed by atoms with Gasteiger partial charge in [0.1, 0.15) is 11.5 Å². The molecule has 1 aliphatic rings. The Morgan fingerprint density at radius 1 is 1.26 bits per heavy atom. The fraction of sp³-hybridized carbons (Fsp3) is 0.417. The second-order valence-corrected chi connectivity index (χ2v) is 9.02. The van der Waals surface area contributed by atoms with E-state index in [9.17, 15) is 14.7 Å². The molecule has 1 N–H and O–H groups in total. The van der Waals surface area contributed by atoms with Gasteiger partial charge in [-0.15, -0.1) is 11.3 Å². The van der Waals surface area contributed by atoms with Crippen molar-refractivity contribution in [1.29, 1.82) is 0 Å². The summed E-state index contributed by atoms with van der Waals surface area (Å²) in [6.07, 6.45) is 0.604. The largest absolute Gasteiger partial charge is 0.507 e. The summed E-state index contributed by atoms with van der Waals surface area (Å²) in [7, 11) is 1.60. The minimum atomic E-state index is -0.659. The fourth-order valence-electron chi connectivity index (χ4n) is 3.63. The summed E-state index contributed by atoms with van der Waals surface area (Å²) in [6, 6.07) is 8.51. The van der Waals surface area contributed by atoms with E-state index >= 15 is 0 Å². The molecular weight excluding hydrogens is 414 g/mol. The van der Waals surface area contributed by atoms with Crippen LogP contribution in [0.2, 0.25) is 0 Å². The second-order valence-electron chi connectivity index (χ2n) is 8.04. The third-order valence-corrected chi connectivity index (χ3v) is 6.06. The number of ketones is 1. The van der Waals surface area contributed by atoms with Crippen molar-refractivity contribution in [3.63, 3.8) is 0 Å². The first-order valence-corrected chi connectivity index (χ1v) is 11.3. The van der Waals surface area contributed by atoms with Gasteiger partial charge in [-0.2, -0.15) is 0 Å². The highest BCUT2D eigenvalue weighted by atomic mass is 32.1. The fourth-order valence-corrected chi connectivity index (χ4v) is 4.48. The van der Waals surface area contributed by atoms with Gasteiger partial charge in [-0.25, -0.2) is 0 Å². The van der Waals surface area contributed by atoms with E-state index in [2.05, 4.69) is 13.8 Å². The number of hydrogen-bond donors (Lipinski definition) is 1. The molecule has 1 aliphatic heterocycles. The summed E-state index contributed by atoms with van der Waals surface area (Å²) in [5.41, 5.74) is 1.42. The summed E-state index contributed by atoms with van der Waals surface area (Å²) in [5, 5.41) is 13.1. The van der Waals surface area contributed by atoms with Crippen LogP contribution in [-0.2, 0) is 14.3 Å². The Labute approximate surface area is 187 Å². The number of carbonyl (C=O) groups is 2. The summed E-state index contributed by atoms with van der Waals surface area (Å²) in [4.78, 5) is 28.2. The zero-order chi connectivity index (χ0) is 22.5. The van der Waals surface area contributed by atoms with Gasteiger partial charge >= 0.3 is 0 Å². The average molecular weight is 444 g/mol. The van der Waals surface area contributed by atoms with Gasteiger partial charge in [0.15, 0.2) is 0 Å². The molecule has 166 valence electrons. The lowest BCUT2D eigenvalue weighted by Gasteiger charge is -2.24. The van der Waals surface area contributed by atoms with Crippen LogP contribution in [0, 0.1) is 12.8 Å². The molecule has 1 aromatic carbocycles. The van der Waals surface area contributed by atoms with E-state index in [0.717, 1.165) is 10.4 Å². The first kappa shape index (κ1) is 23.0. The number of thiophene rings is 1. The molecule has 2 heterocycles. The third-order valence-electron chi connectivity index (χ3n) is 5.14. The highest BCUT2D eigenvalue weighted by Gasteiger charge is 2.46. The van der Waals surface area contributed by atoms with Crippen LogP contribution in [0.4, 0.5) is 0 Å². The standard InChI is InChI=1S/C24H29NO5S/c1-15(2)14-30-17-8-9-18(16(3)13-17)22(26)20-21(19-7-5-12-31-19)25(10-6-11-29-4)24(28)23(20)27/h5,7-9,12-13,15,21,26H,6,10-11,14H2,1-4H3. The minimum Gasteiger partial charge on any atom is -0.507 e. The van der Waals surface area contributed by atoms with Crippen molar-refractivity contribution in [3.8, 4) is 5.75 Å². The van der Waals surface area contributed by atoms with Gasteiger partial charge in [0.25, 0.3) is 11.7 Å². The number of rotatable bonds is 9. The number of aryl methyl sites for hydroxylation is 1. The van der Waals surface area contributed by atoms with Crippen LogP contribution in [0.3, 0.4) is 0 Å².